The molecule has 156 valence electrons. The monoisotopic (exact) mass is 414 g/mol. The van der Waals surface area contributed by atoms with E-state index in [-0.39, 0.29) is 23.8 Å². The number of furan rings is 1. The van der Waals surface area contributed by atoms with Crippen molar-refractivity contribution in [3.8, 4) is 5.75 Å². The Balaban J connectivity index is 1.69. The Morgan fingerprint density at radius 2 is 1.90 bits per heavy atom. The topological polar surface area (TPSA) is 135 Å². The highest BCUT2D eigenvalue weighted by molar-refractivity contribution is 6.13. The summed E-state index contributed by atoms with van der Waals surface area (Å²) in [4.78, 5) is 47.9. The summed E-state index contributed by atoms with van der Waals surface area (Å²) in [5.74, 6) is -1.74. The number of carbonyl (C=O) groups excluding carboxylic acids is 3. The van der Waals surface area contributed by atoms with Gasteiger partial charge in [0.05, 0.1) is 13.7 Å². The molecule has 2 N–H and O–H groups in total. The normalized spacial score (nSPS) is 15.8. The minimum atomic E-state index is -1.09. The van der Waals surface area contributed by atoms with E-state index in [0.717, 1.165) is 4.90 Å². The zero-order chi connectivity index (χ0) is 21.8. The number of nitrogens with one attached hydrogen (secondary N) is 1. The summed E-state index contributed by atoms with van der Waals surface area (Å²) >= 11 is 0. The van der Waals surface area contributed by atoms with Crippen LogP contribution in [0.1, 0.15) is 28.8 Å². The number of carboxylic acid groups (broad SMARTS) is 1. The number of imide groups is 1. The molecule has 1 aliphatic heterocycles. The molecule has 3 rings (SSSR count). The van der Waals surface area contributed by atoms with Crippen molar-refractivity contribution in [2.75, 3.05) is 7.11 Å². The van der Waals surface area contributed by atoms with Crippen molar-refractivity contribution in [3.05, 3.63) is 59.2 Å². The Morgan fingerprint density at radius 1 is 1.20 bits per heavy atom. The second kappa shape index (κ2) is 8.52. The van der Waals surface area contributed by atoms with Crippen LogP contribution in [0.3, 0.4) is 0 Å². The number of aliphatic carboxylic acids is 1. The van der Waals surface area contributed by atoms with Crippen LogP contribution in [0.15, 0.2) is 46.5 Å². The van der Waals surface area contributed by atoms with Crippen LogP contribution in [0.5, 0.6) is 5.75 Å². The third-order valence-electron chi connectivity index (χ3n) is 4.18. The minimum absolute atomic E-state index is 0.0326. The van der Waals surface area contributed by atoms with Gasteiger partial charge in [-0.15, -0.1) is 0 Å². The van der Waals surface area contributed by atoms with Gasteiger partial charge in [0.1, 0.15) is 17.2 Å². The van der Waals surface area contributed by atoms with Crippen molar-refractivity contribution in [1.82, 2.24) is 10.2 Å². The Labute approximate surface area is 170 Å². The van der Waals surface area contributed by atoms with Crippen LogP contribution >= 0.6 is 0 Å². The van der Waals surface area contributed by atoms with E-state index in [1.165, 1.54) is 32.2 Å². The first-order valence-electron chi connectivity index (χ1n) is 8.79. The zero-order valence-electron chi connectivity index (χ0n) is 16.1. The maximum Gasteiger partial charge on any atom is 0.373 e. The van der Waals surface area contributed by atoms with Crippen LogP contribution in [-0.4, -0.2) is 47.1 Å². The number of benzene rings is 1. The van der Waals surface area contributed by atoms with Crippen molar-refractivity contribution in [2.24, 2.45) is 0 Å². The first-order chi connectivity index (χ1) is 14.3. The molecule has 2 aromatic rings. The largest absolute Gasteiger partial charge is 0.479 e. The predicted octanol–water partition coefficient (Wildman–Crippen LogP) is 2.01. The number of hydrogen-bond acceptors (Lipinski definition) is 7. The van der Waals surface area contributed by atoms with Gasteiger partial charge in [0, 0.05) is 0 Å². The molecule has 10 heteroatoms. The average molecular weight is 414 g/mol. The number of esters is 1. The maximum atomic E-state index is 12.6. The van der Waals surface area contributed by atoms with Gasteiger partial charge in [0.25, 0.3) is 5.91 Å². The summed E-state index contributed by atoms with van der Waals surface area (Å²) in [7, 11) is 1.21. The molecule has 0 aliphatic carbocycles. The first-order valence-corrected chi connectivity index (χ1v) is 8.79. The summed E-state index contributed by atoms with van der Waals surface area (Å²) in [5, 5.41) is 11.3. The number of methoxy groups -OCH3 is 1. The van der Waals surface area contributed by atoms with Gasteiger partial charge in [-0.2, -0.15) is 0 Å². The molecule has 3 amide bonds. The van der Waals surface area contributed by atoms with E-state index in [1.54, 1.807) is 24.3 Å². The molecule has 1 aromatic carbocycles. The number of carboxylic acids is 1. The lowest BCUT2D eigenvalue weighted by Crippen LogP contribution is -2.30. The molecule has 1 unspecified atom stereocenters. The lowest BCUT2D eigenvalue weighted by Gasteiger charge is -2.10. The van der Waals surface area contributed by atoms with Crippen LogP contribution in [0.2, 0.25) is 0 Å². The highest BCUT2D eigenvalue weighted by Crippen LogP contribution is 2.20. The third kappa shape index (κ3) is 4.49. The fourth-order valence-electron chi connectivity index (χ4n) is 2.61. The quantitative estimate of drug-likeness (QED) is 0.399. The Morgan fingerprint density at radius 3 is 2.53 bits per heavy atom. The number of amides is 3. The molecule has 2 heterocycles. The Hall–Kier alpha value is -4.08. The summed E-state index contributed by atoms with van der Waals surface area (Å²) < 4.78 is 15.1. The molecule has 0 bridgehead atoms. The van der Waals surface area contributed by atoms with Crippen LogP contribution in [0, 0.1) is 0 Å². The third-order valence-corrected chi connectivity index (χ3v) is 4.18. The highest BCUT2D eigenvalue weighted by atomic mass is 16.5. The summed E-state index contributed by atoms with van der Waals surface area (Å²) in [5.41, 5.74) is 0.661. The van der Waals surface area contributed by atoms with E-state index >= 15 is 0 Å². The van der Waals surface area contributed by atoms with Gasteiger partial charge in [-0.1, -0.05) is 12.1 Å². The molecule has 0 radical (unpaired) electrons. The molecule has 1 aromatic heterocycles. The Bertz CT molecular complexity index is 1020. The molecule has 0 saturated carbocycles. The van der Waals surface area contributed by atoms with Crippen molar-refractivity contribution in [1.29, 1.82) is 0 Å². The lowest BCUT2D eigenvalue weighted by atomic mass is 10.2. The van der Waals surface area contributed by atoms with Gasteiger partial charge in [0.2, 0.25) is 5.76 Å². The van der Waals surface area contributed by atoms with Gasteiger partial charge >= 0.3 is 18.0 Å². The molecular weight excluding hydrogens is 396 g/mol. The number of nitrogens with zero attached hydrogens (tertiary/aromatic N) is 1. The van der Waals surface area contributed by atoms with E-state index in [9.17, 15) is 19.2 Å². The molecular formula is C20H18N2O8. The molecule has 1 atom stereocenters. The van der Waals surface area contributed by atoms with Crippen molar-refractivity contribution in [2.45, 2.75) is 19.6 Å². The second-order valence-corrected chi connectivity index (χ2v) is 6.30. The standard InChI is InChI=1S/C20H18N2O8/c1-11(18(24)25)29-13-5-3-12(4-6-13)9-15-17(23)22(20(27)21-15)10-14-7-8-16(30-14)19(26)28-2/h3-9,11H,10H2,1-2H3,(H,21,27)(H,24,25). The van der Waals surface area contributed by atoms with Gasteiger partial charge in [-0.05, 0) is 42.8 Å². The number of ether oxygens (including phenoxy) is 2. The fourth-order valence-corrected chi connectivity index (χ4v) is 2.61. The van der Waals surface area contributed by atoms with E-state index in [4.69, 9.17) is 14.3 Å². The van der Waals surface area contributed by atoms with Crippen molar-refractivity contribution < 1.29 is 38.2 Å². The van der Waals surface area contributed by atoms with Crippen LogP contribution in [0.25, 0.3) is 6.08 Å². The second-order valence-electron chi connectivity index (χ2n) is 6.30. The van der Waals surface area contributed by atoms with Crippen molar-refractivity contribution >= 4 is 30.0 Å². The molecule has 30 heavy (non-hydrogen) atoms. The Kier molecular flexibility index (Phi) is 5.86. The predicted molar refractivity (Wildman–Crippen MR) is 101 cm³/mol. The molecule has 0 spiro atoms. The number of carbonyl (C=O) groups is 4. The summed E-state index contributed by atoms with van der Waals surface area (Å²) in [6.07, 6.45) is 0.479. The van der Waals surface area contributed by atoms with E-state index in [0.29, 0.717) is 11.3 Å². The lowest BCUT2D eigenvalue weighted by molar-refractivity contribution is -0.144. The van der Waals surface area contributed by atoms with Gasteiger partial charge in [-0.25, -0.2) is 14.4 Å². The van der Waals surface area contributed by atoms with Gasteiger partial charge in [-0.3, -0.25) is 9.69 Å². The molecule has 1 fully saturated rings. The van der Waals surface area contributed by atoms with Crippen LogP contribution in [-0.2, 0) is 20.9 Å². The first kappa shape index (κ1) is 20.6. The smallest absolute Gasteiger partial charge is 0.373 e. The highest BCUT2D eigenvalue weighted by Gasteiger charge is 2.34. The summed E-state index contributed by atoms with van der Waals surface area (Å²) in [6, 6.07) is 8.60. The number of rotatable bonds is 7. The maximum absolute atomic E-state index is 12.6. The van der Waals surface area contributed by atoms with Gasteiger partial charge in [0.15, 0.2) is 6.10 Å². The SMILES string of the molecule is COC(=O)c1ccc(CN2C(=O)NC(=Cc3ccc(OC(C)C(=O)O)cc3)C2=O)o1. The molecule has 1 saturated heterocycles. The van der Waals surface area contributed by atoms with Crippen molar-refractivity contribution in [3.63, 3.8) is 0 Å². The zero-order valence-corrected chi connectivity index (χ0v) is 16.1. The molecule has 1 aliphatic rings. The number of hydrogen-bond donors (Lipinski definition) is 2. The van der Waals surface area contributed by atoms with Crippen LogP contribution < -0.4 is 10.1 Å². The number of urea groups is 1. The average Bonchev–Trinajstić information content (AvgIpc) is 3.29. The summed E-state index contributed by atoms with van der Waals surface area (Å²) in [6.45, 7) is 1.26. The van der Waals surface area contributed by atoms with E-state index in [2.05, 4.69) is 10.1 Å². The molecule has 10 nitrogen and oxygen atoms in total. The van der Waals surface area contributed by atoms with Crippen LogP contribution in [0.4, 0.5) is 4.79 Å². The minimum Gasteiger partial charge on any atom is -0.479 e. The van der Waals surface area contributed by atoms with Gasteiger partial charge < -0.3 is 24.3 Å². The van der Waals surface area contributed by atoms with E-state index < -0.39 is 30.0 Å². The van der Waals surface area contributed by atoms with E-state index in [1.807, 2.05) is 0 Å². The fraction of sp³-hybridized carbons (Fsp3) is 0.200.